The first-order valence-corrected chi connectivity index (χ1v) is 7.88. The number of fused-ring (bicyclic) bond motifs is 1. The molecule has 1 amide bonds. The van der Waals surface area contributed by atoms with E-state index in [4.69, 9.17) is 0 Å². The topological polar surface area (TPSA) is 41.1 Å². The molecule has 1 heterocycles. The standard InChI is InChI=1S/C17H26N2O/c1-3-4-5-6-7-13(2)19-17(20)15-9-8-14-10-11-18-16(14)12-15/h8-9,12-13,18H,3-7,10-11H2,1-2H3,(H,19,20). The SMILES string of the molecule is CCCCCCC(C)NC(=O)c1ccc2c(c1)NCC2. The van der Waals surface area contributed by atoms with Crippen LogP contribution in [0.15, 0.2) is 18.2 Å². The van der Waals surface area contributed by atoms with Gasteiger partial charge in [-0.2, -0.15) is 0 Å². The van der Waals surface area contributed by atoms with Crippen molar-refractivity contribution in [1.29, 1.82) is 0 Å². The minimum absolute atomic E-state index is 0.0458. The van der Waals surface area contributed by atoms with Crippen molar-refractivity contribution in [3.63, 3.8) is 0 Å². The second kappa shape index (κ2) is 7.32. The summed E-state index contributed by atoms with van der Waals surface area (Å²) in [6.07, 6.45) is 7.13. The molecule has 3 nitrogen and oxygen atoms in total. The Morgan fingerprint density at radius 1 is 1.35 bits per heavy atom. The van der Waals surface area contributed by atoms with Crippen LogP contribution in [0.1, 0.15) is 61.9 Å². The van der Waals surface area contributed by atoms with E-state index in [1.165, 1.54) is 31.2 Å². The zero-order chi connectivity index (χ0) is 14.4. The number of anilines is 1. The zero-order valence-electron chi connectivity index (χ0n) is 12.7. The quantitative estimate of drug-likeness (QED) is 0.744. The molecule has 0 bridgehead atoms. The van der Waals surface area contributed by atoms with E-state index in [-0.39, 0.29) is 11.9 Å². The fraction of sp³-hybridized carbons (Fsp3) is 0.588. The molecule has 1 atom stereocenters. The molecule has 2 N–H and O–H groups in total. The molecular formula is C17H26N2O. The maximum Gasteiger partial charge on any atom is 0.251 e. The van der Waals surface area contributed by atoms with E-state index in [0.29, 0.717) is 0 Å². The van der Waals surface area contributed by atoms with E-state index < -0.39 is 0 Å². The number of unbranched alkanes of at least 4 members (excludes halogenated alkanes) is 3. The molecule has 0 saturated carbocycles. The van der Waals surface area contributed by atoms with Gasteiger partial charge < -0.3 is 10.6 Å². The number of carbonyl (C=O) groups excluding carboxylic acids is 1. The number of rotatable bonds is 7. The van der Waals surface area contributed by atoms with Crippen LogP contribution in [0, 0.1) is 0 Å². The van der Waals surface area contributed by atoms with Crippen LogP contribution in [0.3, 0.4) is 0 Å². The van der Waals surface area contributed by atoms with Gasteiger partial charge in [0.05, 0.1) is 0 Å². The fourth-order valence-corrected chi connectivity index (χ4v) is 2.69. The molecule has 20 heavy (non-hydrogen) atoms. The van der Waals surface area contributed by atoms with Crippen molar-refractivity contribution in [1.82, 2.24) is 5.32 Å². The van der Waals surface area contributed by atoms with Crippen LogP contribution >= 0.6 is 0 Å². The third-order valence-electron chi connectivity index (χ3n) is 3.95. The van der Waals surface area contributed by atoms with E-state index in [1.807, 2.05) is 12.1 Å². The number of hydrogen-bond acceptors (Lipinski definition) is 2. The summed E-state index contributed by atoms with van der Waals surface area (Å²) in [7, 11) is 0. The molecule has 1 aromatic rings. The number of benzene rings is 1. The molecule has 2 rings (SSSR count). The third-order valence-corrected chi connectivity index (χ3v) is 3.95. The molecule has 110 valence electrons. The van der Waals surface area contributed by atoms with Gasteiger partial charge in [0, 0.05) is 23.8 Å². The summed E-state index contributed by atoms with van der Waals surface area (Å²) in [6.45, 7) is 5.29. The van der Waals surface area contributed by atoms with Crippen molar-refractivity contribution in [3.8, 4) is 0 Å². The first kappa shape index (κ1) is 14.9. The van der Waals surface area contributed by atoms with Crippen molar-refractivity contribution in [2.75, 3.05) is 11.9 Å². The average Bonchev–Trinajstić information content (AvgIpc) is 2.90. The van der Waals surface area contributed by atoms with E-state index in [1.54, 1.807) is 0 Å². The highest BCUT2D eigenvalue weighted by molar-refractivity contribution is 5.95. The summed E-state index contributed by atoms with van der Waals surface area (Å²) in [5.41, 5.74) is 3.20. The highest BCUT2D eigenvalue weighted by atomic mass is 16.1. The Kier molecular flexibility index (Phi) is 5.45. The summed E-state index contributed by atoms with van der Waals surface area (Å²) in [6, 6.07) is 6.23. The molecule has 0 radical (unpaired) electrons. The average molecular weight is 274 g/mol. The predicted molar refractivity (Wildman–Crippen MR) is 84.3 cm³/mol. The highest BCUT2D eigenvalue weighted by Gasteiger charge is 2.14. The van der Waals surface area contributed by atoms with Gasteiger partial charge in [0.1, 0.15) is 0 Å². The van der Waals surface area contributed by atoms with Crippen molar-refractivity contribution >= 4 is 11.6 Å². The van der Waals surface area contributed by atoms with Crippen molar-refractivity contribution in [2.24, 2.45) is 0 Å². The lowest BCUT2D eigenvalue weighted by atomic mass is 10.1. The Balaban J connectivity index is 1.82. The molecule has 1 aliphatic heterocycles. The minimum atomic E-state index is 0.0458. The lowest BCUT2D eigenvalue weighted by molar-refractivity contribution is 0.0938. The smallest absolute Gasteiger partial charge is 0.251 e. The number of amides is 1. The second-order valence-electron chi connectivity index (χ2n) is 5.77. The van der Waals surface area contributed by atoms with Gasteiger partial charge in [0.25, 0.3) is 5.91 Å². The van der Waals surface area contributed by atoms with Crippen LogP contribution in [0.5, 0.6) is 0 Å². The van der Waals surface area contributed by atoms with Gasteiger partial charge in [0.15, 0.2) is 0 Å². The van der Waals surface area contributed by atoms with Crippen molar-refractivity contribution < 1.29 is 4.79 Å². The normalized spacial score (nSPS) is 14.5. The monoisotopic (exact) mass is 274 g/mol. The van der Waals surface area contributed by atoms with Gasteiger partial charge >= 0.3 is 0 Å². The molecule has 0 saturated heterocycles. The maximum atomic E-state index is 12.2. The number of carbonyl (C=O) groups is 1. The first-order valence-electron chi connectivity index (χ1n) is 7.88. The first-order chi connectivity index (χ1) is 9.70. The lowest BCUT2D eigenvalue weighted by Crippen LogP contribution is -2.32. The lowest BCUT2D eigenvalue weighted by Gasteiger charge is -2.14. The van der Waals surface area contributed by atoms with Crippen LogP contribution in [-0.4, -0.2) is 18.5 Å². The van der Waals surface area contributed by atoms with E-state index in [0.717, 1.165) is 30.6 Å². The van der Waals surface area contributed by atoms with E-state index in [9.17, 15) is 4.79 Å². The van der Waals surface area contributed by atoms with Crippen molar-refractivity contribution in [2.45, 2.75) is 58.4 Å². The van der Waals surface area contributed by atoms with Gasteiger partial charge in [-0.25, -0.2) is 0 Å². The fourth-order valence-electron chi connectivity index (χ4n) is 2.69. The Hall–Kier alpha value is -1.51. The van der Waals surface area contributed by atoms with Gasteiger partial charge in [-0.3, -0.25) is 4.79 Å². The Bertz CT molecular complexity index is 456. The van der Waals surface area contributed by atoms with Gasteiger partial charge in [-0.05, 0) is 37.5 Å². The maximum absolute atomic E-state index is 12.2. The Morgan fingerprint density at radius 2 is 2.20 bits per heavy atom. The van der Waals surface area contributed by atoms with Gasteiger partial charge in [-0.1, -0.05) is 38.7 Å². The summed E-state index contributed by atoms with van der Waals surface area (Å²) in [5.74, 6) is 0.0458. The molecule has 0 fully saturated rings. The summed E-state index contributed by atoms with van der Waals surface area (Å²) < 4.78 is 0. The minimum Gasteiger partial charge on any atom is -0.384 e. The van der Waals surface area contributed by atoms with Crippen LogP contribution in [0.2, 0.25) is 0 Å². The number of hydrogen-bond donors (Lipinski definition) is 2. The summed E-state index contributed by atoms with van der Waals surface area (Å²) in [4.78, 5) is 12.2. The summed E-state index contributed by atoms with van der Waals surface area (Å²) >= 11 is 0. The van der Waals surface area contributed by atoms with Gasteiger partial charge in [-0.15, -0.1) is 0 Å². The number of nitrogens with one attached hydrogen (secondary N) is 2. The Labute approximate surface area is 122 Å². The summed E-state index contributed by atoms with van der Waals surface area (Å²) in [5, 5.41) is 6.41. The van der Waals surface area contributed by atoms with Gasteiger partial charge in [0.2, 0.25) is 0 Å². The second-order valence-corrected chi connectivity index (χ2v) is 5.77. The Morgan fingerprint density at radius 3 is 3.00 bits per heavy atom. The predicted octanol–water partition coefficient (Wildman–Crippen LogP) is 3.74. The third kappa shape index (κ3) is 3.99. The van der Waals surface area contributed by atoms with E-state index >= 15 is 0 Å². The van der Waals surface area contributed by atoms with Crippen LogP contribution in [0.4, 0.5) is 5.69 Å². The molecule has 0 aliphatic carbocycles. The molecule has 0 aromatic heterocycles. The van der Waals surface area contributed by atoms with Crippen LogP contribution < -0.4 is 10.6 Å². The molecule has 1 unspecified atom stereocenters. The molecule has 0 spiro atoms. The van der Waals surface area contributed by atoms with Crippen molar-refractivity contribution in [3.05, 3.63) is 29.3 Å². The molecule has 1 aliphatic rings. The molecule has 3 heteroatoms. The highest BCUT2D eigenvalue weighted by Crippen LogP contribution is 2.23. The largest absolute Gasteiger partial charge is 0.384 e. The molecule has 1 aromatic carbocycles. The van der Waals surface area contributed by atoms with Crippen LogP contribution in [-0.2, 0) is 6.42 Å². The zero-order valence-corrected chi connectivity index (χ0v) is 12.7. The molecular weight excluding hydrogens is 248 g/mol. The van der Waals surface area contributed by atoms with Crippen LogP contribution in [0.25, 0.3) is 0 Å². The van der Waals surface area contributed by atoms with E-state index in [2.05, 4.69) is 30.5 Å².